The van der Waals surface area contributed by atoms with Crippen molar-refractivity contribution >= 4 is 35.2 Å². The highest BCUT2D eigenvalue weighted by molar-refractivity contribution is 7.80. The van der Waals surface area contributed by atoms with E-state index >= 15 is 0 Å². The first-order valence-corrected chi connectivity index (χ1v) is 12.7. The third kappa shape index (κ3) is 5.39. The average Bonchev–Trinajstić information content (AvgIpc) is 3.37. The Labute approximate surface area is 233 Å². The number of aromatic nitrogens is 2. The van der Waals surface area contributed by atoms with Crippen LogP contribution < -0.4 is 4.74 Å². The van der Waals surface area contributed by atoms with E-state index < -0.39 is 6.36 Å². The number of halogens is 3. The number of rotatable bonds is 3. The molecule has 1 atom stereocenters. The Morgan fingerprint density at radius 2 is 1.88 bits per heavy atom. The SMILES string of the molecule is FC(F)(F)Oc1ccc(-n2cnc3c2C=CC2=CC(=CN=NC(=S)N=C4CC=Cc5ccccc54)C=CC23)cc1. The third-order valence-corrected chi connectivity index (χ3v) is 6.72. The smallest absolute Gasteiger partial charge is 0.406 e. The van der Waals surface area contributed by atoms with Crippen LogP contribution in [0.3, 0.4) is 0 Å². The molecule has 3 aliphatic carbocycles. The van der Waals surface area contributed by atoms with Crippen LogP contribution in [0.4, 0.5) is 13.2 Å². The summed E-state index contributed by atoms with van der Waals surface area (Å²) in [5.41, 5.74) is 7.27. The summed E-state index contributed by atoms with van der Waals surface area (Å²) in [6.45, 7) is 0. The predicted octanol–water partition coefficient (Wildman–Crippen LogP) is 7.90. The minimum Gasteiger partial charge on any atom is -0.406 e. The second-order valence-electron chi connectivity index (χ2n) is 9.12. The van der Waals surface area contributed by atoms with Crippen molar-refractivity contribution in [2.24, 2.45) is 15.2 Å². The van der Waals surface area contributed by atoms with Gasteiger partial charge in [-0.2, -0.15) is 5.11 Å². The van der Waals surface area contributed by atoms with Crippen LogP contribution in [0.15, 0.2) is 118 Å². The molecule has 1 heterocycles. The van der Waals surface area contributed by atoms with Crippen LogP contribution in [-0.2, 0) is 0 Å². The lowest BCUT2D eigenvalue weighted by Crippen LogP contribution is -2.17. The molecule has 6 nitrogen and oxygen atoms in total. The first kappa shape index (κ1) is 25.6. The van der Waals surface area contributed by atoms with Crippen molar-refractivity contribution in [3.63, 3.8) is 0 Å². The average molecular weight is 556 g/mol. The van der Waals surface area contributed by atoms with Gasteiger partial charge in [0.25, 0.3) is 0 Å². The summed E-state index contributed by atoms with van der Waals surface area (Å²) in [4.78, 5) is 9.08. The molecule has 0 radical (unpaired) electrons. The van der Waals surface area contributed by atoms with Gasteiger partial charge in [0.05, 0.1) is 23.3 Å². The highest BCUT2D eigenvalue weighted by Crippen LogP contribution is 2.38. The van der Waals surface area contributed by atoms with Crippen molar-refractivity contribution in [1.82, 2.24) is 9.55 Å². The van der Waals surface area contributed by atoms with Crippen molar-refractivity contribution < 1.29 is 17.9 Å². The normalized spacial score (nSPS) is 19.5. The second kappa shape index (κ2) is 10.5. The van der Waals surface area contributed by atoms with Gasteiger partial charge >= 0.3 is 6.36 Å². The van der Waals surface area contributed by atoms with Crippen LogP contribution in [0.25, 0.3) is 17.8 Å². The Hall–Kier alpha value is -4.70. The molecule has 0 saturated carbocycles. The van der Waals surface area contributed by atoms with Gasteiger partial charge in [-0.25, -0.2) is 9.98 Å². The topological polar surface area (TPSA) is 64.1 Å². The molecule has 1 unspecified atom stereocenters. The minimum atomic E-state index is -4.73. The summed E-state index contributed by atoms with van der Waals surface area (Å²) >= 11 is 5.33. The van der Waals surface area contributed by atoms with Crippen molar-refractivity contribution in [2.45, 2.75) is 18.7 Å². The lowest BCUT2D eigenvalue weighted by Gasteiger charge is -2.22. The number of benzene rings is 2. The van der Waals surface area contributed by atoms with Gasteiger partial charge in [-0.1, -0.05) is 54.6 Å². The lowest BCUT2D eigenvalue weighted by atomic mass is 9.84. The molecule has 0 saturated heterocycles. The fourth-order valence-electron chi connectivity index (χ4n) is 4.80. The van der Waals surface area contributed by atoms with E-state index in [0.29, 0.717) is 12.1 Å². The van der Waals surface area contributed by atoms with Gasteiger partial charge in [0.1, 0.15) is 12.1 Å². The van der Waals surface area contributed by atoms with Gasteiger partial charge in [0, 0.05) is 23.6 Å². The zero-order valence-electron chi connectivity index (χ0n) is 20.8. The van der Waals surface area contributed by atoms with E-state index in [4.69, 9.17) is 12.2 Å². The molecule has 3 aromatic rings. The maximum Gasteiger partial charge on any atom is 0.573 e. The Morgan fingerprint density at radius 3 is 2.70 bits per heavy atom. The highest BCUT2D eigenvalue weighted by atomic mass is 32.1. The van der Waals surface area contributed by atoms with Crippen molar-refractivity contribution in [1.29, 1.82) is 0 Å². The summed E-state index contributed by atoms with van der Waals surface area (Å²) in [6.07, 6.45) is 13.3. The zero-order chi connectivity index (χ0) is 27.7. The fourth-order valence-corrected chi connectivity index (χ4v) is 4.95. The van der Waals surface area contributed by atoms with Gasteiger partial charge in [0.2, 0.25) is 5.11 Å². The number of azo groups is 1. The monoisotopic (exact) mass is 555 g/mol. The number of hydrogen-bond acceptors (Lipinski definition) is 4. The molecular weight excluding hydrogens is 535 g/mol. The van der Waals surface area contributed by atoms with Crippen molar-refractivity contribution in [3.05, 3.63) is 125 Å². The van der Waals surface area contributed by atoms with E-state index in [1.165, 1.54) is 12.1 Å². The Morgan fingerprint density at radius 1 is 1.05 bits per heavy atom. The molecule has 10 heteroatoms. The van der Waals surface area contributed by atoms with Crippen LogP contribution in [0, 0.1) is 0 Å². The minimum absolute atomic E-state index is 0.0601. The van der Waals surface area contributed by atoms with E-state index in [1.54, 1.807) is 24.7 Å². The Balaban J connectivity index is 1.16. The van der Waals surface area contributed by atoms with E-state index in [-0.39, 0.29) is 16.8 Å². The van der Waals surface area contributed by atoms with Crippen molar-refractivity contribution in [3.8, 4) is 11.4 Å². The summed E-state index contributed by atoms with van der Waals surface area (Å²) in [5, 5.41) is 8.40. The van der Waals surface area contributed by atoms with E-state index in [2.05, 4.69) is 31.0 Å². The summed E-state index contributed by atoms with van der Waals surface area (Å²) in [6, 6.07) is 13.7. The summed E-state index contributed by atoms with van der Waals surface area (Å²) in [5.74, 6) is -0.336. The number of allylic oxidation sites excluding steroid dienone is 7. The third-order valence-electron chi connectivity index (χ3n) is 6.55. The number of fused-ring (bicyclic) bond motifs is 4. The largest absolute Gasteiger partial charge is 0.573 e. The number of thiocarbonyl (C=S) groups is 1. The van der Waals surface area contributed by atoms with E-state index in [1.807, 2.05) is 65.3 Å². The molecule has 3 aliphatic rings. The van der Waals surface area contributed by atoms with Gasteiger partial charge in [0.15, 0.2) is 0 Å². The molecule has 0 fully saturated rings. The maximum absolute atomic E-state index is 12.5. The number of alkyl halides is 3. The number of hydrogen-bond donors (Lipinski definition) is 0. The number of imidazole rings is 1. The fraction of sp³-hybridized carbons (Fsp3) is 0.100. The number of aliphatic imine (C=N–C) groups is 1. The molecule has 40 heavy (non-hydrogen) atoms. The lowest BCUT2D eigenvalue weighted by molar-refractivity contribution is -0.274. The van der Waals surface area contributed by atoms with Crippen LogP contribution in [0.5, 0.6) is 5.75 Å². The standard InChI is InChI=1S/C30H20F3N5OS/c31-30(32,33)39-23-12-10-22(11-13-23)38-18-34-28-25-14-8-19(16-21(25)9-15-27(28)38)17-35-37-29(40)36-26-7-3-5-20-4-1-2-6-24(20)26/h1-6,8-18,25H,7H2. The molecule has 1 aromatic heterocycles. The first-order chi connectivity index (χ1) is 19.3. The van der Waals surface area contributed by atoms with Crippen LogP contribution in [0.1, 0.15) is 34.9 Å². The molecule has 0 N–H and O–H groups in total. The van der Waals surface area contributed by atoms with Gasteiger partial charge in [-0.15, -0.1) is 18.3 Å². The Bertz CT molecular complexity index is 1710. The second-order valence-corrected chi connectivity index (χ2v) is 9.49. The highest BCUT2D eigenvalue weighted by Gasteiger charge is 2.31. The molecule has 0 bridgehead atoms. The predicted molar refractivity (Wildman–Crippen MR) is 151 cm³/mol. The van der Waals surface area contributed by atoms with Gasteiger partial charge < -0.3 is 4.74 Å². The van der Waals surface area contributed by atoms with Crippen LogP contribution >= 0.6 is 12.2 Å². The molecule has 0 amide bonds. The number of ether oxygens (including phenoxy) is 1. The Kier molecular flexibility index (Phi) is 6.69. The molecule has 0 aliphatic heterocycles. The molecule has 0 spiro atoms. The summed E-state index contributed by atoms with van der Waals surface area (Å²) < 4.78 is 43.2. The first-order valence-electron chi connectivity index (χ1n) is 12.3. The van der Waals surface area contributed by atoms with Crippen LogP contribution in [0.2, 0.25) is 0 Å². The summed E-state index contributed by atoms with van der Waals surface area (Å²) in [7, 11) is 0. The maximum atomic E-state index is 12.5. The van der Waals surface area contributed by atoms with Gasteiger partial charge in [-0.05, 0) is 65.3 Å². The van der Waals surface area contributed by atoms with Gasteiger partial charge in [-0.3, -0.25) is 4.57 Å². The molecule has 2 aromatic carbocycles. The van der Waals surface area contributed by atoms with E-state index in [9.17, 15) is 13.2 Å². The molecule has 198 valence electrons. The number of nitrogens with zero attached hydrogens (tertiary/aromatic N) is 5. The van der Waals surface area contributed by atoms with E-state index in [0.717, 1.165) is 39.4 Å². The van der Waals surface area contributed by atoms with Crippen molar-refractivity contribution in [2.75, 3.05) is 0 Å². The quantitative estimate of drug-likeness (QED) is 0.244. The molecular formula is C30H20F3N5OS. The van der Waals surface area contributed by atoms with Crippen LogP contribution in [-0.4, -0.2) is 26.7 Å². The molecule has 6 rings (SSSR count). The zero-order valence-corrected chi connectivity index (χ0v) is 21.6.